The van der Waals surface area contributed by atoms with Gasteiger partial charge in [0.05, 0.1) is 11.2 Å². The van der Waals surface area contributed by atoms with Gasteiger partial charge in [-0.25, -0.2) is 15.0 Å². The lowest BCUT2D eigenvalue weighted by atomic mass is 10.2. The van der Waals surface area contributed by atoms with E-state index in [1.807, 2.05) is 42.6 Å². The lowest BCUT2D eigenvalue weighted by Gasteiger charge is -2.35. The van der Waals surface area contributed by atoms with Gasteiger partial charge in [0.15, 0.2) is 5.82 Å². The third kappa shape index (κ3) is 3.56. The molecule has 1 aromatic carbocycles. The van der Waals surface area contributed by atoms with Gasteiger partial charge in [-0.3, -0.25) is 9.88 Å². The molecule has 1 saturated heterocycles. The van der Waals surface area contributed by atoms with Gasteiger partial charge in [0, 0.05) is 68.5 Å². The Kier molecular flexibility index (Phi) is 4.73. The SMILES string of the molecule is c1ccc2c(N3CCN(Cc4cn5ccccc5n4)CC3)nc(-c3ccncc3)nc2c1. The summed E-state index contributed by atoms with van der Waals surface area (Å²) in [6.45, 7) is 4.64. The summed E-state index contributed by atoms with van der Waals surface area (Å²) in [4.78, 5) is 23.5. The van der Waals surface area contributed by atoms with E-state index in [4.69, 9.17) is 15.0 Å². The molecule has 0 spiro atoms. The molecule has 1 aliphatic rings. The third-order valence-corrected chi connectivity index (χ3v) is 5.99. The fraction of sp³-hybridized carbons (Fsp3) is 0.200. The fourth-order valence-corrected chi connectivity index (χ4v) is 4.34. The van der Waals surface area contributed by atoms with E-state index in [1.54, 1.807) is 12.4 Å². The number of aromatic nitrogens is 5. The van der Waals surface area contributed by atoms with Crippen LogP contribution in [0.2, 0.25) is 0 Å². The molecule has 0 N–H and O–H groups in total. The van der Waals surface area contributed by atoms with Crippen LogP contribution in [-0.2, 0) is 6.54 Å². The minimum Gasteiger partial charge on any atom is -0.353 e. The number of piperazine rings is 1. The van der Waals surface area contributed by atoms with Gasteiger partial charge in [0.2, 0.25) is 0 Å². The summed E-state index contributed by atoms with van der Waals surface area (Å²) in [5, 5.41) is 1.10. The van der Waals surface area contributed by atoms with E-state index in [9.17, 15) is 0 Å². The molecule has 0 radical (unpaired) electrons. The molecule has 0 bridgehead atoms. The molecule has 5 heterocycles. The van der Waals surface area contributed by atoms with E-state index in [-0.39, 0.29) is 0 Å². The monoisotopic (exact) mass is 421 g/mol. The van der Waals surface area contributed by atoms with E-state index in [0.29, 0.717) is 0 Å². The maximum Gasteiger partial charge on any atom is 0.162 e. The van der Waals surface area contributed by atoms with Gasteiger partial charge in [0.1, 0.15) is 11.5 Å². The predicted molar refractivity (Wildman–Crippen MR) is 125 cm³/mol. The Labute approximate surface area is 186 Å². The molecule has 0 amide bonds. The van der Waals surface area contributed by atoms with E-state index < -0.39 is 0 Å². The number of rotatable bonds is 4. The van der Waals surface area contributed by atoms with Crippen molar-refractivity contribution in [3.05, 3.63) is 85.1 Å². The van der Waals surface area contributed by atoms with Crippen LogP contribution in [0.5, 0.6) is 0 Å². The highest BCUT2D eigenvalue weighted by Crippen LogP contribution is 2.28. The number of hydrogen-bond donors (Lipinski definition) is 0. The second-order valence-electron chi connectivity index (χ2n) is 8.09. The van der Waals surface area contributed by atoms with Crippen molar-refractivity contribution in [3.63, 3.8) is 0 Å². The van der Waals surface area contributed by atoms with Gasteiger partial charge in [0.25, 0.3) is 0 Å². The molecule has 7 heteroatoms. The van der Waals surface area contributed by atoms with Gasteiger partial charge in [-0.15, -0.1) is 0 Å². The lowest BCUT2D eigenvalue weighted by Crippen LogP contribution is -2.46. The Morgan fingerprint density at radius 3 is 2.44 bits per heavy atom. The fourth-order valence-electron chi connectivity index (χ4n) is 4.34. The molecule has 5 aromatic rings. The van der Waals surface area contributed by atoms with Crippen LogP contribution in [0.1, 0.15) is 5.69 Å². The largest absolute Gasteiger partial charge is 0.353 e. The van der Waals surface area contributed by atoms with Crippen molar-refractivity contribution >= 4 is 22.4 Å². The maximum absolute atomic E-state index is 4.99. The van der Waals surface area contributed by atoms with Crippen LogP contribution in [0.15, 0.2) is 79.4 Å². The summed E-state index contributed by atoms with van der Waals surface area (Å²) in [5.41, 5.74) is 4.06. The maximum atomic E-state index is 4.99. The van der Waals surface area contributed by atoms with Gasteiger partial charge in [-0.05, 0) is 36.4 Å². The average molecular weight is 422 g/mol. The molecule has 0 unspecified atom stereocenters. The van der Waals surface area contributed by atoms with Crippen LogP contribution in [0.4, 0.5) is 5.82 Å². The summed E-state index contributed by atoms with van der Waals surface area (Å²) in [6.07, 6.45) is 7.74. The molecule has 1 aliphatic heterocycles. The number of anilines is 1. The number of benzene rings is 1. The normalized spacial score (nSPS) is 14.9. The van der Waals surface area contributed by atoms with Gasteiger partial charge < -0.3 is 9.30 Å². The van der Waals surface area contributed by atoms with Gasteiger partial charge in [-0.1, -0.05) is 18.2 Å². The lowest BCUT2D eigenvalue weighted by molar-refractivity contribution is 0.247. The minimum absolute atomic E-state index is 0.744. The Bertz CT molecular complexity index is 1340. The molecule has 0 aliphatic carbocycles. The smallest absolute Gasteiger partial charge is 0.162 e. The molecule has 6 rings (SSSR count). The average Bonchev–Trinajstić information content (AvgIpc) is 3.27. The highest BCUT2D eigenvalue weighted by molar-refractivity contribution is 5.91. The second-order valence-corrected chi connectivity index (χ2v) is 8.09. The van der Waals surface area contributed by atoms with Crippen LogP contribution in [0, 0.1) is 0 Å². The van der Waals surface area contributed by atoms with Crippen molar-refractivity contribution in [2.24, 2.45) is 0 Å². The van der Waals surface area contributed by atoms with Crippen LogP contribution < -0.4 is 4.90 Å². The number of fused-ring (bicyclic) bond motifs is 2. The van der Waals surface area contributed by atoms with Crippen LogP contribution in [-0.4, -0.2) is 55.4 Å². The van der Waals surface area contributed by atoms with E-state index in [1.165, 1.54) is 0 Å². The van der Waals surface area contributed by atoms with Crippen molar-refractivity contribution in [3.8, 4) is 11.4 Å². The molecular weight excluding hydrogens is 398 g/mol. The van der Waals surface area contributed by atoms with E-state index >= 15 is 0 Å². The van der Waals surface area contributed by atoms with Crippen LogP contribution in [0.25, 0.3) is 27.9 Å². The zero-order valence-corrected chi connectivity index (χ0v) is 17.7. The van der Waals surface area contributed by atoms with Crippen molar-refractivity contribution in [1.29, 1.82) is 0 Å². The number of hydrogen-bond acceptors (Lipinski definition) is 6. The van der Waals surface area contributed by atoms with Crippen LogP contribution >= 0.6 is 0 Å². The van der Waals surface area contributed by atoms with E-state index in [2.05, 4.69) is 43.6 Å². The minimum atomic E-state index is 0.744. The van der Waals surface area contributed by atoms with Crippen molar-refractivity contribution < 1.29 is 0 Å². The van der Waals surface area contributed by atoms with E-state index in [0.717, 1.165) is 72.2 Å². The quantitative estimate of drug-likeness (QED) is 0.441. The zero-order chi connectivity index (χ0) is 21.3. The Morgan fingerprint density at radius 1 is 0.781 bits per heavy atom. The number of nitrogens with zero attached hydrogens (tertiary/aromatic N) is 7. The molecule has 0 saturated carbocycles. The summed E-state index contributed by atoms with van der Waals surface area (Å²) in [6, 6.07) is 18.3. The number of para-hydroxylation sites is 1. The zero-order valence-electron chi connectivity index (χ0n) is 17.7. The molecular formula is C25H23N7. The molecule has 32 heavy (non-hydrogen) atoms. The predicted octanol–water partition coefficient (Wildman–Crippen LogP) is 3.66. The van der Waals surface area contributed by atoms with Crippen molar-refractivity contribution in [2.75, 3.05) is 31.1 Å². The molecule has 7 nitrogen and oxygen atoms in total. The summed E-state index contributed by atoms with van der Waals surface area (Å²) >= 11 is 0. The highest BCUT2D eigenvalue weighted by Gasteiger charge is 2.22. The van der Waals surface area contributed by atoms with Crippen LogP contribution in [0.3, 0.4) is 0 Å². The Hall–Kier alpha value is -3.84. The molecule has 1 fully saturated rings. The summed E-state index contributed by atoms with van der Waals surface area (Å²) in [7, 11) is 0. The van der Waals surface area contributed by atoms with Gasteiger partial charge in [-0.2, -0.15) is 0 Å². The summed E-state index contributed by atoms with van der Waals surface area (Å²) < 4.78 is 2.08. The highest BCUT2D eigenvalue weighted by atomic mass is 15.3. The molecule has 158 valence electrons. The Morgan fingerprint density at radius 2 is 1.59 bits per heavy atom. The third-order valence-electron chi connectivity index (χ3n) is 5.99. The number of pyridine rings is 2. The molecule has 0 atom stereocenters. The number of imidazole rings is 1. The van der Waals surface area contributed by atoms with Crippen molar-refractivity contribution in [2.45, 2.75) is 6.54 Å². The second kappa shape index (κ2) is 8.01. The Balaban J connectivity index is 1.24. The standard InChI is InChI=1S/C25H23N7/c1-2-6-22-21(5-1)25(29-24(28-22)19-8-10-26-11-9-19)31-15-13-30(14-16-31)17-20-18-32-12-4-3-7-23(32)27-20/h1-12,18H,13-17H2. The molecule has 4 aromatic heterocycles. The van der Waals surface area contributed by atoms with Crippen molar-refractivity contribution in [1.82, 2.24) is 29.2 Å². The van der Waals surface area contributed by atoms with Gasteiger partial charge >= 0.3 is 0 Å². The first-order valence-corrected chi connectivity index (χ1v) is 10.9. The first kappa shape index (κ1) is 18.9. The topological polar surface area (TPSA) is 62.5 Å². The summed E-state index contributed by atoms with van der Waals surface area (Å²) in [5.74, 6) is 1.75. The first-order valence-electron chi connectivity index (χ1n) is 10.9. The first-order chi connectivity index (χ1) is 15.8.